The van der Waals surface area contributed by atoms with Crippen molar-refractivity contribution in [1.29, 1.82) is 0 Å². The molecule has 168 valence electrons. The number of β-amino-alcohol motifs (C(OH)–C–C–N with tert-alkyl or cyclic N) is 1. The number of likely N-dealkylation sites (tertiary alicyclic amines) is 1. The molecule has 1 aliphatic carbocycles. The Balaban J connectivity index is 1.54. The van der Waals surface area contributed by atoms with Gasteiger partial charge in [0.25, 0.3) is 0 Å². The Morgan fingerprint density at radius 1 is 1.09 bits per heavy atom. The maximum absolute atomic E-state index is 12.4. The summed E-state index contributed by atoms with van der Waals surface area (Å²) < 4.78 is 9.55. The highest BCUT2D eigenvalue weighted by molar-refractivity contribution is 6.35. The molecule has 2 aliphatic rings. The fourth-order valence-corrected chi connectivity index (χ4v) is 5.43. The van der Waals surface area contributed by atoms with E-state index in [1.54, 1.807) is 43.7 Å². The smallest absolute Gasteiger partial charge is 0.332 e. The van der Waals surface area contributed by atoms with Crippen molar-refractivity contribution in [3.63, 3.8) is 0 Å². The minimum absolute atomic E-state index is 0.0164. The predicted molar refractivity (Wildman–Crippen MR) is 126 cm³/mol. The van der Waals surface area contributed by atoms with Gasteiger partial charge in [-0.05, 0) is 42.7 Å². The van der Waals surface area contributed by atoms with Crippen molar-refractivity contribution in [2.24, 2.45) is 7.05 Å². The van der Waals surface area contributed by atoms with Crippen molar-refractivity contribution in [1.82, 2.24) is 14.0 Å². The van der Waals surface area contributed by atoms with Crippen molar-refractivity contribution in [2.45, 2.75) is 31.1 Å². The normalized spacial score (nSPS) is 23.0. The van der Waals surface area contributed by atoms with E-state index in [1.165, 1.54) is 9.13 Å². The van der Waals surface area contributed by atoms with Gasteiger partial charge in [0.15, 0.2) is 0 Å². The van der Waals surface area contributed by atoms with Gasteiger partial charge >= 0.3 is 5.69 Å². The number of hydrogen-bond donors (Lipinski definition) is 1. The Kier molecular flexibility index (Phi) is 5.76. The van der Waals surface area contributed by atoms with Gasteiger partial charge in [-0.25, -0.2) is 4.79 Å². The second kappa shape index (κ2) is 8.43. The second-order valence-corrected chi connectivity index (χ2v) is 9.63. The number of aryl methyl sites for hydroxylation is 1. The van der Waals surface area contributed by atoms with Crippen molar-refractivity contribution in [3.8, 4) is 11.4 Å². The summed E-state index contributed by atoms with van der Waals surface area (Å²) in [6.45, 7) is 1.36. The first-order chi connectivity index (χ1) is 15.3. The number of rotatable bonds is 4. The molecule has 6 nitrogen and oxygen atoms in total. The minimum Gasteiger partial charge on any atom is -0.482 e. The molecule has 1 saturated heterocycles. The van der Waals surface area contributed by atoms with E-state index in [-0.39, 0.29) is 23.9 Å². The first kappa shape index (κ1) is 21.9. The maximum atomic E-state index is 12.4. The molecule has 32 heavy (non-hydrogen) atoms. The first-order valence-electron chi connectivity index (χ1n) is 10.4. The van der Waals surface area contributed by atoms with Crippen molar-refractivity contribution >= 4 is 34.8 Å². The standard InChI is InChI=1S/C23H22Cl3N3O3/c1-27-6-7-29(23(27)31)14-2-3-18(25)21(10-14)32-22-17-8-13(24)9-19(26)16(17)11-20(22)28-5-4-15(30)12-28/h2-3,6-10,15,20,22,30H,4-5,11-12H2,1H3/t15?,20-,22-/m0/s1. The zero-order valence-electron chi connectivity index (χ0n) is 17.3. The van der Waals surface area contributed by atoms with Crippen LogP contribution in [-0.2, 0) is 13.5 Å². The van der Waals surface area contributed by atoms with Crippen molar-refractivity contribution in [3.05, 3.63) is 79.4 Å². The first-order valence-corrected chi connectivity index (χ1v) is 11.6. The van der Waals surface area contributed by atoms with Crippen LogP contribution in [-0.4, -0.2) is 44.4 Å². The quantitative estimate of drug-likeness (QED) is 0.589. The van der Waals surface area contributed by atoms with Gasteiger partial charge in [-0.1, -0.05) is 34.8 Å². The third-order valence-corrected chi connectivity index (χ3v) is 7.19. The van der Waals surface area contributed by atoms with Crippen molar-refractivity contribution in [2.75, 3.05) is 13.1 Å². The highest BCUT2D eigenvalue weighted by Gasteiger charge is 2.42. The van der Waals surface area contributed by atoms with Crippen LogP contribution in [0, 0.1) is 0 Å². The summed E-state index contributed by atoms with van der Waals surface area (Å²) in [4.78, 5) is 14.6. The van der Waals surface area contributed by atoms with Gasteiger partial charge in [0.2, 0.25) is 0 Å². The maximum Gasteiger partial charge on any atom is 0.332 e. The summed E-state index contributed by atoms with van der Waals surface area (Å²) in [5.74, 6) is 0.471. The zero-order chi connectivity index (χ0) is 22.6. The van der Waals surface area contributed by atoms with Crippen LogP contribution in [0.1, 0.15) is 23.7 Å². The topological polar surface area (TPSA) is 59.6 Å². The van der Waals surface area contributed by atoms with Crippen LogP contribution >= 0.6 is 34.8 Å². The van der Waals surface area contributed by atoms with Gasteiger partial charge in [-0.3, -0.25) is 9.47 Å². The van der Waals surface area contributed by atoms with Crippen LogP contribution in [0.4, 0.5) is 0 Å². The molecule has 1 N–H and O–H groups in total. The monoisotopic (exact) mass is 493 g/mol. The van der Waals surface area contributed by atoms with E-state index in [0.717, 1.165) is 24.1 Å². The molecule has 2 aromatic carbocycles. The van der Waals surface area contributed by atoms with Gasteiger partial charge in [-0.2, -0.15) is 0 Å². The third kappa shape index (κ3) is 3.84. The van der Waals surface area contributed by atoms with Crippen LogP contribution in [0.25, 0.3) is 5.69 Å². The molecule has 1 unspecified atom stereocenters. The summed E-state index contributed by atoms with van der Waals surface area (Å²) in [7, 11) is 1.70. The average molecular weight is 495 g/mol. The van der Waals surface area contributed by atoms with Gasteiger partial charge in [0.1, 0.15) is 11.9 Å². The summed E-state index contributed by atoms with van der Waals surface area (Å²) in [6, 6.07) is 8.89. The molecule has 0 spiro atoms. The van der Waals surface area contributed by atoms with E-state index in [9.17, 15) is 9.90 Å². The third-order valence-electron chi connectivity index (χ3n) is 6.32. The van der Waals surface area contributed by atoms with Crippen LogP contribution in [0.3, 0.4) is 0 Å². The molecule has 2 heterocycles. The number of aliphatic hydroxyl groups excluding tert-OH is 1. The zero-order valence-corrected chi connectivity index (χ0v) is 19.6. The van der Waals surface area contributed by atoms with Crippen LogP contribution in [0.2, 0.25) is 15.1 Å². The molecule has 0 amide bonds. The van der Waals surface area contributed by atoms with Gasteiger partial charge < -0.3 is 14.4 Å². The second-order valence-electron chi connectivity index (χ2n) is 8.38. The highest BCUT2D eigenvalue weighted by Crippen LogP contribution is 2.44. The van der Waals surface area contributed by atoms with Crippen LogP contribution < -0.4 is 10.4 Å². The van der Waals surface area contributed by atoms with E-state index in [1.807, 2.05) is 6.07 Å². The average Bonchev–Trinajstić information content (AvgIpc) is 3.42. The predicted octanol–water partition coefficient (Wildman–Crippen LogP) is 4.25. The summed E-state index contributed by atoms with van der Waals surface area (Å²) in [5, 5.41) is 11.7. The Bertz CT molecular complexity index is 1240. The summed E-state index contributed by atoms with van der Waals surface area (Å²) in [6.07, 6.45) is 4.10. The van der Waals surface area contributed by atoms with Gasteiger partial charge in [-0.15, -0.1) is 0 Å². The lowest BCUT2D eigenvalue weighted by atomic mass is 10.1. The molecule has 1 aromatic heterocycles. The number of halogens is 3. The number of imidazole rings is 1. The van der Waals surface area contributed by atoms with E-state index in [0.29, 0.717) is 39.5 Å². The highest BCUT2D eigenvalue weighted by atomic mass is 35.5. The Morgan fingerprint density at radius 2 is 1.91 bits per heavy atom. The Labute approximate surface area is 200 Å². The molecular formula is C23H22Cl3N3O3. The number of hydrogen-bond acceptors (Lipinski definition) is 4. The van der Waals surface area contributed by atoms with E-state index < -0.39 is 0 Å². The number of aliphatic hydroxyl groups is 1. The fourth-order valence-electron chi connectivity index (χ4n) is 4.68. The number of aromatic nitrogens is 2. The van der Waals surface area contributed by atoms with E-state index in [4.69, 9.17) is 39.5 Å². The van der Waals surface area contributed by atoms with Crippen LogP contribution in [0.15, 0.2) is 47.5 Å². The van der Waals surface area contributed by atoms with Crippen LogP contribution in [0.5, 0.6) is 5.75 Å². The molecule has 0 saturated carbocycles. The molecular weight excluding hydrogens is 473 g/mol. The molecule has 3 aromatic rings. The van der Waals surface area contributed by atoms with E-state index in [2.05, 4.69) is 4.90 Å². The Morgan fingerprint density at radius 3 is 2.59 bits per heavy atom. The largest absolute Gasteiger partial charge is 0.482 e. The number of nitrogens with zero attached hydrogens (tertiary/aromatic N) is 3. The minimum atomic E-state index is -0.369. The van der Waals surface area contributed by atoms with Crippen molar-refractivity contribution < 1.29 is 9.84 Å². The van der Waals surface area contributed by atoms with Gasteiger partial charge in [0.05, 0.1) is 22.9 Å². The molecule has 0 bridgehead atoms. The molecule has 3 atom stereocenters. The molecule has 1 aliphatic heterocycles. The number of benzene rings is 2. The lowest BCUT2D eigenvalue weighted by Crippen LogP contribution is -2.39. The molecule has 0 radical (unpaired) electrons. The molecule has 1 fully saturated rings. The SMILES string of the molecule is Cn1ccn(-c2ccc(Cl)c(O[C@H]3c4cc(Cl)cc(Cl)c4C[C@@H]3N3CCC(O)C3)c2)c1=O. The molecule has 5 rings (SSSR count). The number of fused-ring (bicyclic) bond motifs is 1. The fraction of sp³-hybridized carbons (Fsp3) is 0.348. The summed E-state index contributed by atoms with van der Waals surface area (Å²) >= 11 is 19.4. The lowest BCUT2D eigenvalue weighted by molar-refractivity contribution is 0.0819. The van der Waals surface area contributed by atoms with Gasteiger partial charge in [0, 0.05) is 54.2 Å². The number of ether oxygens (including phenoxy) is 1. The molecule has 9 heteroatoms. The van der Waals surface area contributed by atoms with E-state index >= 15 is 0 Å². The Hall–Kier alpha value is -1.96. The lowest BCUT2D eigenvalue weighted by Gasteiger charge is -2.30. The summed E-state index contributed by atoms with van der Waals surface area (Å²) in [5.41, 5.74) is 2.42.